The number of nitrogens with two attached hydrogens (primary N) is 1. The van der Waals surface area contributed by atoms with Gasteiger partial charge >= 0.3 is 0 Å². The lowest BCUT2D eigenvalue weighted by atomic mass is 9.78. The molecule has 2 N–H and O–H groups in total. The summed E-state index contributed by atoms with van der Waals surface area (Å²) < 4.78 is 0. The summed E-state index contributed by atoms with van der Waals surface area (Å²) in [6.07, 6.45) is 10.2. The van der Waals surface area contributed by atoms with Crippen LogP contribution in [0.3, 0.4) is 0 Å². The highest BCUT2D eigenvalue weighted by atomic mass is 15.2. The van der Waals surface area contributed by atoms with Crippen LogP contribution >= 0.6 is 0 Å². The van der Waals surface area contributed by atoms with E-state index in [1.807, 2.05) is 6.07 Å². The van der Waals surface area contributed by atoms with Crippen LogP contribution in [0.1, 0.15) is 44.1 Å². The molecule has 0 bridgehead atoms. The van der Waals surface area contributed by atoms with Gasteiger partial charge in [0.1, 0.15) is 5.82 Å². The minimum atomic E-state index is 0.704. The van der Waals surface area contributed by atoms with Crippen molar-refractivity contribution >= 4 is 5.82 Å². The van der Waals surface area contributed by atoms with E-state index < -0.39 is 0 Å². The molecular weight excluding hydrogens is 222 g/mol. The first-order valence-corrected chi connectivity index (χ1v) is 7.28. The highest BCUT2D eigenvalue weighted by Gasteiger charge is 2.33. The van der Waals surface area contributed by atoms with Crippen LogP contribution in [0.15, 0.2) is 18.3 Å². The number of piperidine rings is 1. The molecule has 0 radical (unpaired) electrons. The Kier molecular flexibility index (Phi) is 3.50. The Hall–Kier alpha value is -1.09. The third-order valence-corrected chi connectivity index (χ3v) is 4.66. The molecule has 0 amide bonds. The number of pyridine rings is 1. The first-order valence-electron chi connectivity index (χ1n) is 7.28. The van der Waals surface area contributed by atoms with Gasteiger partial charge in [-0.05, 0) is 44.2 Å². The fraction of sp³-hybridized carbons (Fsp3) is 0.667. The van der Waals surface area contributed by atoms with Gasteiger partial charge in [-0.25, -0.2) is 4.98 Å². The summed E-state index contributed by atoms with van der Waals surface area (Å²) in [6, 6.07) is 4.91. The molecule has 0 aromatic carbocycles. The summed E-state index contributed by atoms with van der Waals surface area (Å²) in [5, 5.41) is 0. The molecule has 2 atom stereocenters. The first-order chi connectivity index (χ1) is 8.84. The number of rotatable bonds is 2. The number of likely N-dealkylation sites (tertiary alicyclic amines) is 1. The Labute approximate surface area is 109 Å². The lowest BCUT2D eigenvalue weighted by Crippen LogP contribution is -2.46. The SMILES string of the molecule is Nc1ncccc1CN1CCCC2CCCCC21. The molecule has 2 aliphatic rings. The average Bonchev–Trinajstić information content (AvgIpc) is 2.42. The van der Waals surface area contributed by atoms with Crippen molar-refractivity contribution in [2.45, 2.75) is 51.1 Å². The number of anilines is 1. The van der Waals surface area contributed by atoms with Gasteiger partial charge in [-0.1, -0.05) is 18.9 Å². The molecule has 1 aliphatic heterocycles. The summed E-state index contributed by atoms with van der Waals surface area (Å²) in [5.74, 6) is 1.64. The topological polar surface area (TPSA) is 42.1 Å². The number of nitrogens with zero attached hydrogens (tertiary/aromatic N) is 2. The van der Waals surface area contributed by atoms with E-state index in [4.69, 9.17) is 5.73 Å². The average molecular weight is 245 g/mol. The monoisotopic (exact) mass is 245 g/mol. The largest absolute Gasteiger partial charge is 0.383 e. The van der Waals surface area contributed by atoms with Gasteiger partial charge in [0.25, 0.3) is 0 Å². The van der Waals surface area contributed by atoms with E-state index in [0.29, 0.717) is 5.82 Å². The van der Waals surface area contributed by atoms with E-state index >= 15 is 0 Å². The van der Waals surface area contributed by atoms with E-state index in [-0.39, 0.29) is 0 Å². The molecule has 2 unspecified atom stereocenters. The third kappa shape index (κ3) is 2.37. The summed E-state index contributed by atoms with van der Waals surface area (Å²) in [5.41, 5.74) is 7.17. The molecule has 0 spiro atoms. The lowest BCUT2D eigenvalue weighted by molar-refractivity contribution is 0.0548. The maximum Gasteiger partial charge on any atom is 0.127 e. The minimum absolute atomic E-state index is 0.704. The van der Waals surface area contributed by atoms with E-state index in [0.717, 1.165) is 18.5 Å². The second-order valence-electron chi connectivity index (χ2n) is 5.77. The van der Waals surface area contributed by atoms with Crippen LogP contribution in [-0.4, -0.2) is 22.5 Å². The molecule has 98 valence electrons. The van der Waals surface area contributed by atoms with Gasteiger partial charge in [0.15, 0.2) is 0 Å². The van der Waals surface area contributed by atoms with Crippen molar-refractivity contribution in [1.29, 1.82) is 0 Å². The van der Waals surface area contributed by atoms with Gasteiger partial charge in [0.2, 0.25) is 0 Å². The second kappa shape index (κ2) is 5.27. The number of aromatic nitrogens is 1. The van der Waals surface area contributed by atoms with Crippen LogP contribution in [0.2, 0.25) is 0 Å². The Morgan fingerprint density at radius 3 is 2.94 bits per heavy atom. The van der Waals surface area contributed by atoms with E-state index in [2.05, 4.69) is 16.0 Å². The van der Waals surface area contributed by atoms with Crippen molar-refractivity contribution in [2.75, 3.05) is 12.3 Å². The van der Waals surface area contributed by atoms with Crippen molar-refractivity contribution < 1.29 is 0 Å². The first kappa shape index (κ1) is 12.0. The molecule has 3 heteroatoms. The summed E-state index contributed by atoms with van der Waals surface area (Å²) >= 11 is 0. The van der Waals surface area contributed by atoms with Gasteiger partial charge in [0.05, 0.1) is 0 Å². The molecule has 2 heterocycles. The highest BCUT2D eigenvalue weighted by Crippen LogP contribution is 2.36. The molecule has 1 saturated carbocycles. The predicted octanol–water partition coefficient (Wildman–Crippen LogP) is 2.82. The zero-order valence-corrected chi connectivity index (χ0v) is 11.0. The van der Waals surface area contributed by atoms with Gasteiger partial charge in [0, 0.05) is 24.3 Å². The zero-order chi connectivity index (χ0) is 12.4. The fourth-order valence-electron chi connectivity index (χ4n) is 3.73. The van der Waals surface area contributed by atoms with E-state index in [1.54, 1.807) is 6.20 Å². The van der Waals surface area contributed by atoms with Crippen LogP contribution in [0.5, 0.6) is 0 Å². The molecule has 1 aromatic heterocycles. The van der Waals surface area contributed by atoms with Crippen LogP contribution in [-0.2, 0) is 6.54 Å². The molecular formula is C15H23N3. The van der Waals surface area contributed by atoms with Crippen molar-refractivity contribution in [1.82, 2.24) is 9.88 Å². The Morgan fingerprint density at radius 1 is 1.22 bits per heavy atom. The van der Waals surface area contributed by atoms with Crippen molar-refractivity contribution in [3.63, 3.8) is 0 Å². The van der Waals surface area contributed by atoms with Crippen LogP contribution in [0, 0.1) is 5.92 Å². The molecule has 1 aliphatic carbocycles. The predicted molar refractivity (Wildman–Crippen MR) is 74.0 cm³/mol. The van der Waals surface area contributed by atoms with Crippen LogP contribution in [0.25, 0.3) is 0 Å². The lowest BCUT2D eigenvalue weighted by Gasteiger charge is -2.44. The Balaban J connectivity index is 1.73. The maximum atomic E-state index is 5.97. The van der Waals surface area contributed by atoms with Crippen molar-refractivity contribution in [3.05, 3.63) is 23.9 Å². The second-order valence-corrected chi connectivity index (χ2v) is 5.77. The van der Waals surface area contributed by atoms with E-state index in [1.165, 1.54) is 50.6 Å². The molecule has 2 fully saturated rings. The number of hydrogen-bond donors (Lipinski definition) is 1. The summed E-state index contributed by atoms with van der Waals surface area (Å²) in [7, 11) is 0. The Morgan fingerprint density at radius 2 is 2.06 bits per heavy atom. The quantitative estimate of drug-likeness (QED) is 0.871. The highest BCUT2D eigenvalue weighted by molar-refractivity contribution is 5.38. The maximum absolute atomic E-state index is 5.97. The molecule has 3 rings (SSSR count). The van der Waals surface area contributed by atoms with E-state index in [9.17, 15) is 0 Å². The zero-order valence-electron chi connectivity index (χ0n) is 11.0. The Bertz CT molecular complexity index is 402. The van der Waals surface area contributed by atoms with Crippen molar-refractivity contribution in [3.8, 4) is 0 Å². The number of nitrogen functional groups attached to an aromatic ring is 1. The summed E-state index contributed by atoms with van der Waals surface area (Å²) in [6.45, 7) is 2.22. The molecule has 1 saturated heterocycles. The fourth-order valence-corrected chi connectivity index (χ4v) is 3.73. The standard InChI is InChI=1S/C15H23N3/c16-15-13(6-3-9-17-15)11-18-10-4-7-12-5-1-2-8-14(12)18/h3,6,9,12,14H,1-2,4-5,7-8,10-11H2,(H2,16,17). The normalized spacial score (nSPS) is 28.9. The smallest absolute Gasteiger partial charge is 0.127 e. The minimum Gasteiger partial charge on any atom is -0.383 e. The van der Waals surface area contributed by atoms with Gasteiger partial charge < -0.3 is 5.73 Å². The number of fused-ring (bicyclic) bond motifs is 1. The van der Waals surface area contributed by atoms with Crippen LogP contribution in [0.4, 0.5) is 5.82 Å². The van der Waals surface area contributed by atoms with Gasteiger partial charge in [-0.3, -0.25) is 4.90 Å². The van der Waals surface area contributed by atoms with Gasteiger partial charge in [-0.2, -0.15) is 0 Å². The van der Waals surface area contributed by atoms with Crippen LogP contribution < -0.4 is 5.73 Å². The molecule has 18 heavy (non-hydrogen) atoms. The molecule has 1 aromatic rings. The molecule has 3 nitrogen and oxygen atoms in total. The third-order valence-electron chi connectivity index (χ3n) is 4.66. The van der Waals surface area contributed by atoms with Crippen molar-refractivity contribution in [2.24, 2.45) is 5.92 Å². The van der Waals surface area contributed by atoms with Gasteiger partial charge in [-0.15, -0.1) is 0 Å². The number of hydrogen-bond acceptors (Lipinski definition) is 3. The summed E-state index contributed by atoms with van der Waals surface area (Å²) in [4.78, 5) is 6.85.